The molecule has 0 amide bonds. The minimum absolute atomic E-state index is 0.0280. The second-order valence-corrected chi connectivity index (χ2v) is 10.6. The van der Waals surface area contributed by atoms with Crippen molar-refractivity contribution in [3.05, 3.63) is 71.8 Å². The van der Waals surface area contributed by atoms with E-state index in [1.54, 1.807) is 20.8 Å². The molecular weight excluding hydrogens is 368 g/mol. The number of rotatable bonds is 2. The van der Waals surface area contributed by atoms with Crippen LogP contribution in [0.4, 0.5) is 0 Å². The molecule has 136 valence electrons. The number of ketones is 1. The van der Waals surface area contributed by atoms with Gasteiger partial charge in [0.2, 0.25) is 4.93 Å². The summed E-state index contributed by atoms with van der Waals surface area (Å²) in [6, 6.07) is 18.4. The highest BCUT2D eigenvalue weighted by molar-refractivity contribution is 8.05. The van der Waals surface area contributed by atoms with Gasteiger partial charge < -0.3 is 0 Å². The van der Waals surface area contributed by atoms with Crippen LogP contribution >= 0.6 is 0 Å². The summed E-state index contributed by atoms with van der Waals surface area (Å²) in [4.78, 5) is 11.1. The molecule has 4 unspecified atom stereocenters. The Morgan fingerprint density at radius 3 is 1.77 bits per heavy atom. The fourth-order valence-electron chi connectivity index (χ4n) is 4.36. The van der Waals surface area contributed by atoms with Gasteiger partial charge in [0.1, 0.15) is 5.78 Å². The molecule has 1 saturated carbocycles. The summed E-state index contributed by atoms with van der Waals surface area (Å²) < 4.78 is 32.2. The van der Waals surface area contributed by atoms with E-state index in [1.807, 2.05) is 60.7 Å². The normalized spacial score (nSPS) is 34.6. The number of benzene rings is 2. The van der Waals surface area contributed by atoms with Gasteiger partial charge in [0.15, 0.2) is 15.2 Å². The average Bonchev–Trinajstić information content (AvgIpc) is 2.92. The Balaban J connectivity index is 2.00. The van der Waals surface area contributed by atoms with Crippen molar-refractivity contribution in [3.63, 3.8) is 0 Å². The lowest BCUT2D eigenvalue weighted by molar-refractivity contribution is -0.143. The molecule has 2 fully saturated rings. The predicted octanol–water partition coefficient (Wildman–Crippen LogP) is 3.27. The maximum atomic E-state index is 14.1. The van der Waals surface area contributed by atoms with Gasteiger partial charge in [-0.25, -0.2) is 4.21 Å². The van der Waals surface area contributed by atoms with Gasteiger partial charge in [-0.2, -0.15) is 0 Å². The summed E-state index contributed by atoms with van der Waals surface area (Å²) in [5.74, 6) is -0.617. The first-order valence-electron chi connectivity index (χ1n) is 8.50. The van der Waals surface area contributed by atoms with Gasteiger partial charge >= 0.3 is 0 Å². The Bertz CT molecular complexity index is 884. The zero-order valence-electron chi connectivity index (χ0n) is 14.8. The van der Waals surface area contributed by atoms with Gasteiger partial charge in [-0.1, -0.05) is 81.4 Å². The van der Waals surface area contributed by atoms with Crippen molar-refractivity contribution in [3.8, 4) is 0 Å². The van der Waals surface area contributed by atoms with Gasteiger partial charge in [-0.15, -0.1) is 0 Å². The first kappa shape index (κ1) is 17.8. The van der Waals surface area contributed by atoms with E-state index in [4.69, 9.17) is 4.18 Å². The van der Waals surface area contributed by atoms with Crippen LogP contribution in [0.3, 0.4) is 0 Å². The number of carbonyl (C=O) groups is 1. The van der Waals surface area contributed by atoms with E-state index < -0.39 is 42.2 Å². The van der Waals surface area contributed by atoms with Crippen molar-refractivity contribution in [1.82, 2.24) is 0 Å². The molecule has 1 aliphatic heterocycles. The number of hydrogen-bond acceptors (Lipinski definition) is 4. The van der Waals surface area contributed by atoms with Crippen LogP contribution in [0, 0.1) is 11.3 Å². The SMILES string of the molecule is CC1C(=O)C(C)(C)C12S(=O)OC(c1ccccc1)(c1ccccc1)S2=O. The lowest BCUT2D eigenvalue weighted by atomic mass is 9.62. The van der Waals surface area contributed by atoms with E-state index >= 15 is 0 Å². The summed E-state index contributed by atoms with van der Waals surface area (Å²) in [5.41, 5.74) is 0.377. The molecule has 0 N–H and O–H groups in total. The molecule has 4 rings (SSSR count). The zero-order chi connectivity index (χ0) is 18.7. The number of hydrogen-bond donors (Lipinski definition) is 0. The van der Waals surface area contributed by atoms with Crippen LogP contribution in [0.25, 0.3) is 0 Å². The van der Waals surface area contributed by atoms with Crippen molar-refractivity contribution in [2.24, 2.45) is 11.3 Å². The Labute approximate surface area is 158 Å². The highest BCUT2D eigenvalue weighted by Crippen LogP contribution is 2.65. The highest BCUT2D eigenvalue weighted by atomic mass is 32.3. The maximum absolute atomic E-state index is 14.1. The third-order valence-corrected chi connectivity index (χ3v) is 11.0. The zero-order valence-corrected chi connectivity index (χ0v) is 16.4. The van der Waals surface area contributed by atoms with E-state index in [0.717, 1.165) is 0 Å². The quantitative estimate of drug-likeness (QED) is 0.792. The fraction of sp³-hybridized carbons (Fsp3) is 0.350. The molecule has 2 aliphatic rings. The summed E-state index contributed by atoms with van der Waals surface area (Å²) in [5, 5.41) is 0. The van der Waals surface area contributed by atoms with Crippen LogP contribution in [0.15, 0.2) is 60.7 Å². The first-order chi connectivity index (χ1) is 12.3. The van der Waals surface area contributed by atoms with Gasteiger partial charge in [-0.05, 0) is 0 Å². The molecule has 1 heterocycles. The number of Topliss-reactive ketones (excluding diaryl/α,β-unsaturated/α-hetero) is 1. The predicted molar refractivity (Wildman–Crippen MR) is 102 cm³/mol. The van der Waals surface area contributed by atoms with Crippen molar-refractivity contribution in [2.75, 3.05) is 0 Å². The Kier molecular flexibility index (Phi) is 3.88. The topological polar surface area (TPSA) is 60.4 Å². The Hall–Kier alpha value is -1.63. The standard InChI is InChI=1S/C20H20O4S2/c1-14-17(21)18(2,3)20(14)25(22)19(24-26(20)23,15-10-6-4-7-11-15)16-12-8-5-9-13-16/h4-14H,1-3H3. The van der Waals surface area contributed by atoms with Crippen LogP contribution in [-0.4, -0.2) is 18.3 Å². The molecule has 2 aromatic rings. The lowest BCUT2D eigenvalue weighted by Crippen LogP contribution is -2.71. The monoisotopic (exact) mass is 388 g/mol. The average molecular weight is 389 g/mol. The van der Waals surface area contributed by atoms with Crippen LogP contribution < -0.4 is 0 Å². The molecule has 4 atom stereocenters. The first-order valence-corrected chi connectivity index (χ1v) is 10.7. The maximum Gasteiger partial charge on any atom is 0.211 e. The van der Waals surface area contributed by atoms with Crippen molar-refractivity contribution in [1.29, 1.82) is 0 Å². The Morgan fingerprint density at radius 2 is 1.35 bits per heavy atom. The van der Waals surface area contributed by atoms with Crippen LogP contribution in [-0.2, 0) is 35.8 Å². The summed E-state index contributed by atoms with van der Waals surface area (Å²) in [6.45, 7) is 5.15. The lowest BCUT2D eigenvalue weighted by Gasteiger charge is -2.53. The van der Waals surface area contributed by atoms with E-state index in [2.05, 4.69) is 0 Å². The van der Waals surface area contributed by atoms with Gasteiger partial charge in [0.25, 0.3) is 0 Å². The molecule has 0 aromatic heterocycles. The van der Waals surface area contributed by atoms with Crippen molar-refractivity contribution >= 4 is 27.7 Å². The molecule has 0 bridgehead atoms. The van der Waals surface area contributed by atoms with Gasteiger partial charge in [0.05, 0.1) is 16.2 Å². The number of carbonyl (C=O) groups excluding carboxylic acids is 1. The van der Waals surface area contributed by atoms with E-state index in [1.165, 1.54) is 0 Å². The van der Waals surface area contributed by atoms with Crippen molar-refractivity contribution in [2.45, 2.75) is 29.8 Å². The molecule has 1 aliphatic carbocycles. The minimum atomic E-state index is -1.88. The molecule has 2 aromatic carbocycles. The Morgan fingerprint density at radius 1 is 0.885 bits per heavy atom. The molecule has 4 nitrogen and oxygen atoms in total. The fourth-order valence-corrected chi connectivity index (χ4v) is 9.30. The van der Waals surface area contributed by atoms with Crippen LogP contribution in [0.2, 0.25) is 0 Å². The van der Waals surface area contributed by atoms with Crippen LogP contribution in [0.5, 0.6) is 0 Å². The molecule has 0 radical (unpaired) electrons. The smallest absolute Gasteiger partial charge is 0.211 e. The van der Waals surface area contributed by atoms with Gasteiger partial charge in [0, 0.05) is 17.0 Å². The summed E-state index contributed by atoms with van der Waals surface area (Å²) >= 11 is -1.88. The molecule has 26 heavy (non-hydrogen) atoms. The third kappa shape index (κ3) is 1.85. The third-order valence-electron chi connectivity index (χ3n) is 5.74. The molecule has 6 heteroatoms. The van der Waals surface area contributed by atoms with Crippen molar-refractivity contribution < 1.29 is 17.4 Å². The second kappa shape index (κ2) is 5.68. The molecule has 1 spiro atoms. The van der Waals surface area contributed by atoms with Gasteiger partial charge in [-0.3, -0.25) is 13.2 Å². The minimum Gasteiger partial charge on any atom is -0.299 e. The highest BCUT2D eigenvalue weighted by Gasteiger charge is 2.80. The molecular formula is C20H20O4S2. The molecule has 1 saturated heterocycles. The van der Waals surface area contributed by atoms with E-state index in [-0.39, 0.29) is 5.78 Å². The van der Waals surface area contributed by atoms with Crippen LogP contribution in [0.1, 0.15) is 31.9 Å². The second-order valence-electron chi connectivity index (χ2n) is 7.31. The summed E-state index contributed by atoms with van der Waals surface area (Å²) in [6.07, 6.45) is 0. The summed E-state index contributed by atoms with van der Waals surface area (Å²) in [7, 11) is -1.73. The largest absolute Gasteiger partial charge is 0.299 e. The van der Waals surface area contributed by atoms with E-state index in [9.17, 15) is 13.2 Å². The van der Waals surface area contributed by atoms with E-state index in [0.29, 0.717) is 11.1 Å².